The molecule has 3 heteroatoms. The van der Waals surface area contributed by atoms with Gasteiger partial charge in [0.25, 0.3) is 0 Å². The Labute approximate surface area is 117 Å². The van der Waals surface area contributed by atoms with E-state index in [4.69, 9.17) is 16.3 Å². The third-order valence-electron chi connectivity index (χ3n) is 3.92. The van der Waals surface area contributed by atoms with E-state index < -0.39 is 0 Å². The highest BCUT2D eigenvalue weighted by molar-refractivity contribution is 6.30. The van der Waals surface area contributed by atoms with Crippen LogP contribution in [0.25, 0.3) is 6.08 Å². The zero-order valence-corrected chi connectivity index (χ0v) is 11.5. The molecular weight excluding hydrogens is 260 g/mol. The number of rotatable bonds is 1. The highest BCUT2D eigenvalue weighted by Gasteiger charge is 2.44. The van der Waals surface area contributed by atoms with Crippen LogP contribution in [0.5, 0.6) is 0 Å². The quantitative estimate of drug-likeness (QED) is 0.781. The average molecular weight is 275 g/mol. The molecule has 19 heavy (non-hydrogen) atoms. The van der Waals surface area contributed by atoms with Gasteiger partial charge in [0.15, 0.2) is 5.78 Å². The van der Waals surface area contributed by atoms with Gasteiger partial charge in [-0.15, -0.1) is 0 Å². The van der Waals surface area contributed by atoms with E-state index in [0.29, 0.717) is 13.0 Å². The van der Waals surface area contributed by atoms with E-state index in [0.717, 1.165) is 10.6 Å². The Morgan fingerprint density at radius 2 is 2.11 bits per heavy atom. The Balaban J connectivity index is 1.92. The number of allylic oxidation sites excluding steroid dienone is 1. The van der Waals surface area contributed by atoms with Gasteiger partial charge in [-0.25, -0.2) is 0 Å². The molecule has 0 amide bonds. The second-order valence-electron chi connectivity index (χ2n) is 5.30. The van der Waals surface area contributed by atoms with Gasteiger partial charge in [-0.2, -0.15) is 0 Å². The lowest BCUT2D eigenvalue weighted by Crippen LogP contribution is -2.34. The summed E-state index contributed by atoms with van der Waals surface area (Å²) in [5, 5.41) is 0.727. The summed E-state index contributed by atoms with van der Waals surface area (Å²) < 4.78 is 5.87. The van der Waals surface area contributed by atoms with Crippen LogP contribution in [0.3, 0.4) is 0 Å². The Bertz CT molecular complexity index is 571. The fraction of sp³-hybridized carbons (Fsp3) is 0.312. The molecule has 1 fully saturated rings. The van der Waals surface area contributed by atoms with Crippen LogP contribution < -0.4 is 0 Å². The van der Waals surface area contributed by atoms with Gasteiger partial charge in [-0.1, -0.05) is 29.8 Å². The van der Waals surface area contributed by atoms with Crippen molar-refractivity contribution in [3.8, 4) is 0 Å². The lowest BCUT2D eigenvalue weighted by Gasteiger charge is -2.29. The summed E-state index contributed by atoms with van der Waals surface area (Å²) in [5.41, 5.74) is 1.95. The van der Waals surface area contributed by atoms with E-state index in [-0.39, 0.29) is 17.3 Å². The largest absolute Gasteiger partial charge is 0.366 e. The van der Waals surface area contributed by atoms with E-state index in [2.05, 4.69) is 6.08 Å². The van der Waals surface area contributed by atoms with Gasteiger partial charge < -0.3 is 4.74 Å². The summed E-state index contributed by atoms with van der Waals surface area (Å²) in [7, 11) is 0. The van der Waals surface area contributed by atoms with Crippen molar-refractivity contribution in [3.63, 3.8) is 0 Å². The van der Waals surface area contributed by atoms with Crippen molar-refractivity contribution >= 4 is 23.5 Å². The summed E-state index contributed by atoms with van der Waals surface area (Å²) in [6, 6.07) is 7.70. The summed E-state index contributed by atoms with van der Waals surface area (Å²) >= 11 is 5.88. The highest BCUT2D eigenvalue weighted by atomic mass is 35.5. The first kappa shape index (κ1) is 12.6. The number of halogens is 1. The minimum absolute atomic E-state index is 0.153. The van der Waals surface area contributed by atoms with Gasteiger partial charge in [-0.3, -0.25) is 4.79 Å². The van der Waals surface area contributed by atoms with Gasteiger partial charge >= 0.3 is 0 Å². The molecule has 0 unspecified atom stereocenters. The van der Waals surface area contributed by atoms with Crippen molar-refractivity contribution in [2.45, 2.75) is 18.9 Å². The zero-order chi connectivity index (χ0) is 13.5. The zero-order valence-electron chi connectivity index (χ0n) is 10.7. The number of hydrogen-bond donors (Lipinski definition) is 0. The maximum Gasteiger partial charge on any atom is 0.156 e. The summed E-state index contributed by atoms with van der Waals surface area (Å²) in [4.78, 5) is 11.6. The van der Waals surface area contributed by atoms with Gasteiger partial charge in [0.2, 0.25) is 0 Å². The number of fused-ring (bicyclic) bond motifs is 1. The van der Waals surface area contributed by atoms with Crippen LogP contribution in [-0.4, -0.2) is 18.0 Å². The Hall–Kier alpha value is -1.38. The number of ketones is 1. The molecule has 98 valence electrons. The van der Waals surface area contributed by atoms with Crippen molar-refractivity contribution in [3.05, 3.63) is 52.6 Å². The Morgan fingerprint density at radius 1 is 1.37 bits per heavy atom. The summed E-state index contributed by atoms with van der Waals surface area (Å²) in [5.74, 6) is 0.329. The molecule has 2 atom stereocenters. The monoisotopic (exact) mass is 274 g/mol. The molecule has 1 heterocycles. The molecule has 0 spiro atoms. The smallest absolute Gasteiger partial charge is 0.156 e. The number of carbonyl (C=O) groups is 1. The van der Waals surface area contributed by atoms with E-state index in [1.807, 2.05) is 37.3 Å². The summed E-state index contributed by atoms with van der Waals surface area (Å²) in [6.07, 6.45) is 6.18. The van der Waals surface area contributed by atoms with E-state index in [1.54, 1.807) is 6.08 Å². The predicted molar refractivity (Wildman–Crippen MR) is 76.0 cm³/mol. The van der Waals surface area contributed by atoms with Crippen molar-refractivity contribution in [1.82, 2.24) is 0 Å². The molecule has 0 radical (unpaired) electrons. The minimum atomic E-state index is -0.327. The molecule has 1 aromatic carbocycles. The third kappa shape index (κ3) is 2.38. The topological polar surface area (TPSA) is 26.3 Å². The SMILES string of the molecule is C[C@@]12C=CC(=O)C[C@@H]1/C(=C\c1ccc(Cl)cc1)CO2. The second-order valence-corrected chi connectivity index (χ2v) is 5.74. The van der Waals surface area contributed by atoms with Gasteiger partial charge in [0.05, 0.1) is 12.2 Å². The fourth-order valence-electron chi connectivity index (χ4n) is 2.75. The second kappa shape index (κ2) is 4.62. The molecule has 1 aliphatic carbocycles. The molecule has 1 aliphatic heterocycles. The number of benzene rings is 1. The molecule has 2 nitrogen and oxygen atoms in total. The first-order valence-corrected chi connectivity index (χ1v) is 6.77. The molecule has 1 saturated heterocycles. The lowest BCUT2D eigenvalue weighted by atomic mass is 9.78. The number of carbonyl (C=O) groups excluding carboxylic acids is 1. The Morgan fingerprint density at radius 3 is 2.84 bits per heavy atom. The lowest BCUT2D eigenvalue weighted by molar-refractivity contribution is -0.117. The molecule has 1 aromatic rings. The van der Waals surface area contributed by atoms with Crippen molar-refractivity contribution in [2.75, 3.05) is 6.61 Å². The van der Waals surface area contributed by atoms with Crippen LogP contribution in [0.2, 0.25) is 5.02 Å². The maximum atomic E-state index is 11.6. The van der Waals surface area contributed by atoms with Crippen LogP contribution in [-0.2, 0) is 9.53 Å². The molecule has 3 rings (SSSR count). The van der Waals surface area contributed by atoms with Crippen molar-refractivity contribution < 1.29 is 9.53 Å². The maximum absolute atomic E-state index is 11.6. The van der Waals surface area contributed by atoms with E-state index >= 15 is 0 Å². The number of hydrogen-bond acceptors (Lipinski definition) is 2. The Kier molecular flexibility index (Phi) is 3.08. The molecule has 0 aromatic heterocycles. The van der Waals surface area contributed by atoms with Gasteiger partial charge in [0.1, 0.15) is 0 Å². The molecule has 2 aliphatic rings. The van der Waals surface area contributed by atoms with E-state index in [1.165, 1.54) is 5.57 Å². The number of ether oxygens (including phenoxy) is 1. The predicted octanol–water partition coefficient (Wildman–Crippen LogP) is 3.66. The first-order valence-electron chi connectivity index (χ1n) is 6.39. The van der Waals surface area contributed by atoms with E-state index in [9.17, 15) is 4.79 Å². The van der Waals surface area contributed by atoms with Crippen LogP contribution in [0.1, 0.15) is 18.9 Å². The molecule has 0 bridgehead atoms. The van der Waals surface area contributed by atoms with Crippen molar-refractivity contribution in [1.29, 1.82) is 0 Å². The molecular formula is C16H15ClO2. The van der Waals surface area contributed by atoms with Gasteiger partial charge in [-0.05, 0) is 42.3 Å². The third-order valence-corrected chi connectivity index (χ3v) is 4.17. The van der Waals surface area contributed by atoms with Crippen LogP contribution in [0.15, 0.2) is 42.0 Å². The normalized spacial score (nSPS) is 31.8. The van der Waals surface area contributed by atoms with Crippen LogP contribution >= 0.6 is 11.6 Å². The summed E-state index contributed by atoms with van der Waals surface area (Å²) in [6.45, 7) is 2.63. The average Bonchev–Trinajstić information content (AvgIpc) is 2.70. The first-order chi connectivity index (χ1) is 9.07. The minimum Gasteiger partial charge on any atom is -0.366 e. The van der Waals surface area contributed by atoms with Gasteiger partial charge in [0, 0.05) is 17.4 Å². The standard InChI is InChI=1S/C16H15ClO2/c1-16-7-6-14(18)9-15(16)12(10-19-16)8-11-2-4-13(17)5-3-11/h2-8,15H,9-10H2,1H3/b12-8-/t15-,16-/m1/s1. The fourth-order valence-corrected chi connectivity index (χ4v) is 2.88. The molecule has 0 saturated carbocycles. The molecule has 0 N–H and O–H groups in total. The highest BCUT2D eigenvalue weighted by Crippen LogP contribution is 2.42. The van der Waals surface area contributed by atoms with Crippen LogP contribution in [0, 0.1) is 5.92 Å². The van der Waals surface area contributed by atoms with Crippen LogP contribution in [0.4, 0.5) is 0 Å². The van der Waals surface area contributed by atoms with Crippen molar-refractivity contribution in [2.24, 2.45) is 5.92 Å².